The summed E-state index contributed by atoms with van der Waals surface area (Å²) < 4.78 is 12.5. The van der Waals surface area contributed by atoms with E-state index in [1.165, 1.54) is 11.6 Å². The number of methoxy groups -OCH3 is 1. The molecule has 2 aromatic rings. The molecule has 1 heterocycles. The number of ether oxygens (including phenoxy) is 2. The van der Waals surface area contributed by atoms with Gasteiger partial charge in [-0.05, 0) is 0 Å². The van der Waals surface area contributed by atoms with Crippen molar-refractivity contribution >= 4 is 25.4 Å². The fourth-order valence-electron chi connectivity index (χ4n) is 3.01. The first-order chi connectivity index (χ1) is 11.2. The average Bonchev–Trinajstić information content (AvgIpc) is 2.92. The van der Waals surface area contributed by atoms with Gasteiger partial charge in [0.2, 0.25) is 0 Å². The standard InChI is InChI=1S/C19H20O3Se/c1-13-16(19(20)21-2)18(23-15-11-7-4-8-12-15)17(22-13)14-9-5-3-6-10-14/h3-13,16-18H,1-2H3/t13-,16-,17-,18+/m0/s1. The van der Waals surface area contributed by atoms with Gasteiger partial charge in [0.05, 0.1) is 0 Å². The van der Waals surface area contributed by atoms with Crippen LogP contribution in [0.4, 0.5) is 0 Å². The fraction of sp³-hybridized carbons (Fsp3) is 0.316. The predicted molar refractivity (Wildman–Crippen MR) is 90.8 cm³/mol. The van der Waals surface area contributed by atoms with Crippen LogP contribution in [0.1, 0.15) is 18.6 Å². The molecule has 1 fully saturated rings. The van der Waals surface area contributed by atoms with Gasteiger partial charge < -0.3 is 0 Å². The number of hydrogen-bond acceptors (Lipinski definition) is 3. The second kappa shape index (κ2) is 7.31. The van der Waals surface area contributed by atoms with E-state index in [0.29, 0.717) is 0 Å². The molecule has 0 N–H and O–H groups in total. The first kappa shape index (κ1) is 16.3. The van der Waals surface area contributed by atoms with Gasteiger partial charge in [-0.15, -0.1) is 0 Å². The Morgan fingerprint density at radius 2 is 1.65 bits per heavy atom. The van der Waals surface area contributed by atoms with Crippen molar-refractivity contribution in [2.45, 2.75) is 23.9 Å². The van der Waals surface area contributed by atoms with E-state index >= 15 is 0 Å². The number of hydrogen-bond donors (Lipinski definition) is 0. The average molecular weight is 375 g/mol. The summed E-state index contributed by atoms with van der Waals surface area (Å²) in [5.41, 5.74) is 1.13. The maximum atomic E-state index is 12.3. The van der Waals surface area contributed by atoms with Gasteiger partial charge in [0, 0.05) is 0 Å². The van der Waals surface area contributed by atoms with E-state index in [0.717, 1.165) is 5.56 Å². The number of benzene rings is 2. The molecule has 0 bridgehead atoms. The molecule has 23 heavy (non-hydrogen) atoms. The molecular formula is C19H20O3Se. The Kier molecular flexibility index (Phi) is 5.16. The van der Waals surface area contributed by atoms with Crippen LogP contribution in [0, 0.1) is 5.92 Å². The Morgan fingerprint density at radius 1 is 1.04 bits per heavy atom. The minimum absolute atomic E-state index is 0.0597. The van der Waals surface area contributed by atoms with Crippen molar-refractivity contribution < 1.29 is 14.3 Å². The van der Waals surface area contributed by atoms with Crippen molar-refractivity contribution in [3.05, 3.63) is 66.2 Å². The predicted octanol–water partition coefficient (Wildman–Crippen LogP) is 2.75. The molecule has 3 rings (SSSR count). The van der Waals surface area contributed by atoms with Gasteiger partial charge in [-0.3, -0.25) is 0 Å². The normalized spacial score (nSPS) is 26.9. The zero-order valence-electron chi connectivity index (χ0n) is 13.2. The third-order valence-corrected chi connectivity index (χ3v) is 6.98. The molecule has 4 heteroatoms. The summed E-state index contributed by atoms with van der Waals surface area (Å²) in [5.74, 6) is -0.385. The van der Waals surface area contributed by atoms with E-state index in [2.05, 4.69) is 24.3 Å². The molecule has 0 unspecified atom stereocenters. The van der Waals surface area contributed by atoms with Crippen molar-refractivity contribution in [2.75, 3.05) is 7.11 Å². The summed E-state index contributed by atoms with van der Waals surface area (Å²) in [6.07, 6.45) is -0.196. The van der Waals surface area contributed by atoms with Crippen LogP contribution >= 0.6 is 0 Å². The maximum absolute atomic E-state index is 12.3. The summed E-state index contributed by atoms with van der Waals surface area (Å²) in [5, 5.41) is 0. The van der Waals surface area contributed by atoms with E-state index in [1.807, 2.05) is 43.3 Å². The second-order valence-corrected chi connectivity index (χ2v) is 8.24. The number of carbonyl (C=O) groups excluding carboxylic acids is 1. The van der Waals surface area contributed by atoms with Gasteiger partial charge in [0.1, 0.15) is 0 Å². The monoisotopic (exact) mass is 376 g/mol. The van der Waals surface area contributed by atoms with Crippen LogP contribution in [-0.4, -0.2) is 34.1 Å². The van der Waals surface area contributed by atoms with E-state index in [1.54, 1.807) is 0 Å². The van der Waals surface area contributed by atoms with Gasteiger partial charge in [-0.2, -0.15) is 0 Å². The van der Waals surface area contributed by atoms with Crippen LogP contribution in [0.5, 0.6) is 0 Å². The quantitative estimate of drug-likeness (QED) is 0.609. The molecule has 1 aliphatic rings. The van der Waals surface area contributed by atoms with Gasteiger partial charge in [0.15, 0.2) is 0 Å². The molecule has 2 aromatic carbocycles. The Balaban J connectivity index is 1.93. The van der Waals surface area contributed by atoms with Crippen molar-refractivity contribution in [1.82, 2.24) is 0 Å². The molecule has 0 radical (unpaired) electrons. The topological polar surface area (TPSA) is 35.5 Å². The Hall–Kier alpha value is -1.61. The zero-order chi connectivity index (χ0) is 16.2. The number of esters is 1. The zero-order valence-corrected chi connectivity index (χ0v) is 14.9. The molecule has 1 saturated heterocycles. The Morgan fingerprint density at radius 3 is 2.26 bits per heavy atom. The summed E-state index contributed by atoms with van der Waals surface area (Å²) in [4.78, 5) is 12.4. The van der Waals surface area contributed by atoms with Crippen LogP contribution in [0.3, 0.4) is 0 Å². The summed E-state index contributed by atoms with van der Waals surface area (Å²) in [7, 11) is 1.46. The van der Waals surface area contributed by atoms with Crippen LogP contribution in [0.2, 0.25) is 4.82 Å². The van der Waals surface area contributed by atoms with Crippen LogP contribution in [0.25, 0.3) is 0 Å². The first-order valence-corrected chi connectivity index (χ1v) is 9.55. The molecule has 3 nitrogen and oxygen atoms in total. The molecule has 1 aliphatic heterocycles. The van der Waals surface area contributed by atoms with Crippen molar-refractivity contribution in [3.8, 4) is 0 Å². The number of rotatable bonds is 4. The SMILES string of the molecule is COC(=O)[C@@H]1[C@@H]([Se]c2ccccc2)[C@H](c2ccccc2)O[C@H]1C. The van der Waals surface area contributed by atoms with Gasteiger partial charge >= 0.3 is 143 Å². The van der Waals surface area contributed by atoms with Crippen LogP contribution in [-0.2, 0) is 14.3 Å². The van der Waals surface area contributed by atoms with Crippen LogP contribution < -0.4 is 4.46 Å². The van der Waals surface area contributed by atoms with E-state index < -0.39 is 0 Å². The third kappa shape index (κ3) is 3.50. The summed E-state index contributed by atoms with van der Waals surface area (Å²) >= 11 is 0.130. The minimum atomic E-state index is -0.217. The van der Waals surface area contributed by atoms with E-state index in [9.17, 15) is 4.79 Å². The molecule has 4 atom stereocenters. The van der Waals surface area contributed by atoms with Gasteiger partial charge in [0.25, 0.3) is 0 Å². The summed E-state index contributed by atoms with van der Waals surface area (Å²) in [6, 6.07) is 20.5. The fourth-order valence-corrected chi connectivity index (χ4v) is 6.06. The molecule has 0 aromatic heterocycles. The molecule has 120 valence electrons. The van der Waals surface area contributed by atoms with Crippen LogP contribution in [0.15, 0.2) is 60.7 Å². The van der Waals surface area contributed by atoms with Crippen molar-refractivity contribution in [3.63, 3.8) is 0 Å². The van der Waals surface area contributed by atoms with E-state index in [4.69, 9.17) is 9.47 Å². The second-order valence-electron chi connectivity index (χ2n) is 5.62. The van der Waals surface area contributed by atoms with Gasteiger partial charge in [-0.1, -0.05) is 0 Å². The molecule has 0 amide bonds. The Labute approximate surface area is 143 Å². The third-order valence-electron chi connectivity index (χ3n) is 4.14. The molecule has 0 aliphatic carbocycles. The first-order valence-electron chi connectivity index (χ1n) is 7.70. The molecule has 0 saturated carbocycles. The molecular weight excluding hydrogens is 355 g/mol. The van der Waals surface area contributed by atoms with Crippen molar-refractivity contribution in [1.29, 1.82) is 0 Å². The summed E-state index contributed by atoms with van der Waals surface area (Å²) in [6.45, 7) is 1.97. The van der Waals surface area contributed by atoms with E-state index in [-0.39, 0.29) is 43.9 Å². The van der Waals surface area contributed by atoms with Gasteiger partial charge in [-0.25, -0.2) is 0 Å². The molecule has 0 spiro atoms. The van der Waals surface area contributed by atoms with Crippen molar-refractivity contribution in [2.24, 2.45) is 5.92 Å². The number of carbonyl (C=O) groups is 1. The Bertz CT molecular complexity index is 644.